The molecule has 0 aliphatic carbocycles. The van der Waals surface area contributed by atoms with Crippen LogP contribution >= 0.6 is 0 Å². The average molecular weight is 243 g/mol. The normalized spacial score (nSPS) is 11.1. The molecule has 0 amide bonds. The van der Waals surface area contributed by atoms with Crippen LogP contribution in [-0.2, 0) is 6.42 Å². The van der Waals surface area contributed by atoms with Gasteiger partial charge in [0.15, 0.2) is 0 Å². The Morgan fingerprint density at radius 1 is 1.22 bits per heavy atom. The van der Waals surface area contributed by atoms with Gasteiger partial charge in [-0.05, 0) is 60.7 Å². The second-order valence-electron chi connectivity index (χ2n) is 4.99. The Labute approximate surface area is 109 Å². The Balaban J connectivity index is 2.36. The van der Waals surface area contributed by atoms with Gasteiger partial charge in [-0.2, -0.15) is 0 Å². The van der Waals surface area contributed by atoms with Crippen molar-refractivity contribution in [3.05, 3.63) is 47.7 Å². The molecule has 0 atom stereocenters. The van der Waals surface area contributed by atoms with Crippen LogP contribution in [0.5, 0.6) is 0 Å². The van der Waals surface area contributed by atoms with Crippen molar-refractivity contribution >= 4 is 0 Å². The van der Waals surface area contributed by atoms with Gasteiger partial charge in [0.2, 0.25) is 0 Å². The Morgan fingerprint density at radius 2 is 2.06 bits per heavy atom. The van der Waals surface area contributed by atoms with Gasteiger partial charge >= 0.3 is 0 Å². The number of furan rings is 1. The number of benzene rings is 1. The first-order chi connectivity index (χ1) is 8.70. The third-order valence-corrected chi connectivity index (χ3v) is 3.16. The summed E-state index contributed by atoms with van der Waals surface area (Å²) in [6, 6.07) is 10.6. The highest BCUT2D eigenvalue weighted by Crippen LogP contribution is 2.26. The average Bonchev–Trinajstić information content (AvgIpc) is 2.89. The fourth-order valence-electron chi connectivity index (χ4n) is 2.09. The molecule has 2 N–H and O–H groups in total. The fraction of sp³-hybridized carbons (Fsp3) is 0.375. The van der Waals surface area contributed by atoms with Gasteiger partial charge in [0.05, 0.1) is 6.26 Å². The summed E-state index contributed by atoms with van der Waals surface area (Å²) in [5.74, 6) is 1.46. The van der Waals surface area contributed by atoms with E-state index in [0.29, 0.717) is 5.92 Å². The van der Waals surface area contributed by atoms with Gasteiger partial charge in [-0.15, -0.1) is 0 Å². The molecular weight excluding hydrogens is 222 g/mol. The molecule has 2 rings (SSSR count). The molecule has 0 aliphatic heterocycles. The predicted octanol–water partition coefficient (Wildman–Crippen LogP) is 3.96. The maximum atomic E-state index is 5.59. The van der Waals surface area contributed by atoms with Gasteiger partial charge < -0.3 is 10.2 Å². The second kappa shape index (κ2) is 5.87. The summed E-state index contributed by atoms with van der Waals surface area (Å²) < 4.78 is 5.49. The predicted molar refractivity (Wildman–Crippen MR) is 75.6 cm³/mol. The minimum absolute atomic E-state index is 0.525. The number of nitrogens with two attached hydrogens (primary N) is 1. The molecule has 0 aliphatic rings. The Kier molecular flexibility index (Phi) is 4.21. The zero-order valence-corrected chi connectivity index (χ0v) is 11.1. The topological polar surface area (TPSA) is 39.2 Å². The lowest BCUT2D eigenvalue weighted by Crippen LogP contribution is -2.01. The van der Waals surface area contributed by atoms with E-state index in [1.807, 2.05) is 12.1 Å². The molecule has 0 saturated carbocycles. The first-order valence-electron chi connectivity index (χ1n) is 6.58. The van der Waals surface area contributed by atoms with Gasteiger partial charge in [-0.1, -0.05) is 19.9 Å². The van der Waals surface area contributed by atoms with Crippen LogP contribution < -0.4 is 5.73 Å². The van der Waals surface area contributed by atoms with Gasteiger partial charge in [0.1, 0.15) is 5.76 Å². The van der Waals surface area contributed by atoms with Crippen LogP contribution in [0.2, 0.25) is 0 Å². The lowest BCUT2D eigenvalue weighted by molar-refractivity contribution is 0.582. The smallest absolute Gasteiger partial charge is 0.133 e. The van der Waals surface area contributed by atoms with Crippen molar-refractivity contribution < 1.29 is 4.42 Å². The summed E-state index contributed by atoms with van der Waals surface area (Å²) in [6.07, 6.45) is 3.78. The van der Waals surface area contributed by atoms with Crippen LogP contribution in [0.15, 0.2) is 41.0 Å². The van der Waals surface area contributed by atoms with Crippen molar-refractivity contribution in [1.29, 1.82) is 0 Å². The van der Waals surface area contributed by atoms with E-state index in [0.717, 1.165) is 25.1 Å². The summed E-state index contributed by atoms with van der Waals surface area (Å²) in [4.78, 5) is 0. The molecular formula is C16H21NO. The van der Waals surface area contributed by atoms with Crippen LogP contribution in [0.1, 0.15) is 37.3 Å². The third-order valence-electron chi connectivity index (χ3n) is 3.16. The van der Waals surface area contributed by atoms with Gasteiger partial charge in [-0.25, -0.2) is 0 Å². The first-order valence-corrected chi connectivity index (χ1v) is 6.58. The molecule has 0 unspecified atom stereocenters. The van der Waals surface area contributed by atoms with E-state index in [1.165, 1.54) is 16.7 Å². The maximum Gasteiger partial charge on any atom is 0.133 e. The lowest BCUT2D eigenvalue weighted by atomic mass is 9.95. The monoisotopic (exact) mass is 243 g/mol. The van der Waals surface area contributed by atoms with E-state index in [1.54, 1.807) is 6.26 Å². The molecule has 1 aromatic heterocycles. The van der Waals surface area contributed by atoms with Crippen molar-refractivity contribution in [3.8, 4) is 11.3 Å². The highest BCUT2D eigenvalue weighted by molar-refractivity contribution is 5.60. The number of hydrogen-bond donors (Lipinski definition) is 1. The van der Waals surface area contributed by atoms with Gasteiger partial charge in [0, 0.05) is 5.56 Å². The van der Waals surface area contributed by atoms with Crippen LogP contribution in [0, 0.1) is 0 Å². The fourth-order valence-corrected chi connectivity index (χ4v) is 2.09. The van der Waals surface area contributed by atoms with Gasteiger partial charge in [0.25, 0.3) is 0 Å². The highest BCUT2D eigenvalue weighted by Gasteiger charge is 2.07. The Morgan fingerprint density at radius 3 is 2.67 bits per heavy atom. The largest absolute Gasteiger partial charge is 0.464 e. The van der Waals surface area contributed by atoms with Crippen molar-refractivity contribution in [2.24, 2.45) is 5.73 Å². The van der Waals surface area contributed by atoms with E-state index in [2.05, 4.69) is 32.0 Å². The van der Waals surface area contributed by atoms with Crippen LogP contribution in [0.4, 0.5) is 0 Å². The van der Waals surface area contributed by atoms with Crippen molar-refractivity contribution in [2.45, 2.75) is 32.6 Å². The van der Waals surface area contributed by atoms with E-state index in [9.17, 15) is 0 Å². The molecule has 2 aromatic rings. The molecule has 0 radical (unpaired) electrons. The second-order valence-corrected chi connectivity index (χ2v) is 4.99. The summed E-state index contributed by atoms with van der Waals surface area (Å²) in [5, 5.41) is 0. The molecule has 2 heteroatoms. The van der Waals surface area contributed by atoms with E-state index >= 15 is 0 Å². The van der Waals surface area contributed by atoms with Crippen LogP contribution in [0.3, 0.4) is 0 Å². The summed E-state index contributed by atoms with van der Waals surface area (Å²) in [7, 11) is 0. The van der Waals surface area contributed by atoms with Crippen molar-refractivity contribution in [2.75, 3.05) is 6.54 Å². The minimum Gasteiger partial charge on any atom is -0.464 e. The van der Waals surface area contributed by atoms with Crippen LogP contribution in [-0.4, -0.2) is 6.54 Å². The summed E-state index contributed by atoms with van der Waals surface area (Å²) in [5.41, 5.74) is 9.46. The molecule has 0 spiro atoms. The Bertz CT molecular complexity index is 486. The molecule has 2 nitrogen and oxygen atoms in total. The molecule has 1 heterocycles. The summed E-state index contributed by atoms with van der Waals surface area (Å²) in [6.45, 7) is 5.17. The Hall–Kier alpha value is -1.54. The standard InChI is InChI=1S/C16H21NO/c1-12(2)14-9-13(5-3-7-17)10-15(11-14)16-6-4-8-18-16/h4,6,8-12H,3,5,7,17H2,1-2H3. The molecule has 0 bridgehead atoms. The highest BCUT2D eigenvalue weighted by atomic mass is 16.3. The van der Waals surface area contributed by atoms with E-state index in [-0.39, 0.29) is 0 Å². The number of hydrogen-bond acceptors (Lipinski definition) is 2. The van der Waals surface area contributed by atoms with Gasteiger partial charge in [-0.3, -0.25) is 0 Å². The quantitative estimate of drug-likeness (QED) is 0.863. The third kappa shape index (κ3) is 3.02. The number of aryl methyl sites for hydroxylation is 1. The molecule has 18 heavy (non-hydrogen) atoms. The zero-order chi connectivity index (χ0) is 13.0. The molecule has 96 valence electrons. The summed E-state index contributed by atoms with van der Waals surface area (Å²) >= 11 is 0. The maximum absolute atomic E-state index is 5.59. The van der Waals surface area contributed by atoms with E-state index in [4.69, 9.17) is 10.2 Å². The zero-order valence-electron chi connectivity index (χ0n) is 11.1. The lowest BCUT2D eigenvalue weighted by Gasteiger charge is -2.11. The van der Waals surface area contributed by atoms with Crippen molar-refractivity contribution in [1.82, 2.24) is 0 Å². The number of rotatable bonds is 5. The molecule has 1 aromatic carbocycles. The van der Waals surface area contributed by atoms with Crippen LogP contribution in [0.25, 0.3) is 11.3 Å². The molecule has 0 saturated heterocycles. The first kappa shape index (κ1) is 12.9. The minimum atomic E-state index is 0.525. The van der Waals surface area contributed by atoms with Crippen molar-refractivity contribution in [3.63, 3.8) is 0 Å². The molecule has 0 fully saturated rings. The van der Waals surface area contributed by atoms with E-state index < -0.39 is 0 Å². The SMILES string of the molecule is CC(C)c1cc(CCCN)cc(-c2ccco2)c1.